The maximum absolute atomic E-state index is 11.9. The minimum Gasteiger partial charge on any atom is -0.291 e. The summed E-state index contributed by atoms with van der Waals surface area (Å²) in [6.45, 7) is 1.84. The van der Waals surface area contributed by atoms with Crippen molar-refractivity contribution < 1.29 is 4.79 Å². The van der Waals surface area contributed by atoms with Crippen LogP contribution in [0, 0.1) is 6.92 Å². The lowest BCUT2D eigenvalue weighted by atomic mass is 10.2. The van der Waals surface area contributed by atoms with E-state index in [0.29, 0.717) is 17.2 Å². The molecule has 3 aromatic heterocycles. The molecule has 0 aliphatic carbocycles. The average molecular weight is 243 g/mol. The van der Waals surface area contributed by atoms with Gasteiger partial charge in [0.2, 0.25) is 5.95 Å². The molecule has 0 aliphatic heterocycles. The summed E-state index contributed by atoms with van der Waals surface area (Å²) in [5, 5.41) is 16.7. The lowest BCUT2D eigenvalue weighted by Gasteiger charge is -2.02. The van der Waals surface area contributed by atoms with Crippen LogP contribution in [-0.2, 0) is 0 Å². The molecule has 0 aliphatic rings. The molecule has 2 N–H and O–H groups in total. The molecule has 0 radical (unpaired) electrons. The van der Waals surface area contributed by atoms with Crippen molar-refractivity contribution in [3.05, 3.63) is 36.0 Å². The number of hydrogen-bond acceptors (Lipinski definition) is 5. The van der Waals surface area contributed by atoms with Gasteiger partial charge in [-0.2, -0.15) is 10.1 Å². The Morgan fingerprint density at radius 3 is 3.11 bits per heavy atom. The molecule has 0 unspecified atom stereocenters. The number of carbonyl (C=O) groups is 1. The molecule has 0 atom stereocenters. The number of anilines is 1. The first-order chi connectivity index (χ1) is 8.74. The number of nitrogens with zero attached hydrogens (tertiary/aromatic N) is 5. The normalized spacial score (nSPS) is 10.7. The zero-order chi connectivity index (χ0) is 12.5. The van der Waals surface area contributed by atoms with E-state index in [1.807, 2.05) is 6.92 Å². The van der Waals surface area contributed by atoms with E-state index in [2.05, 4.69) is 30.7 Å². The van der Waals surface area contributed by atoms with Crippen molar-refractivity contribution >= 4 is 17.5 Å². The summed E-state index contributed by atoms with van der Waals surface area (Å²) in [5.41, 5.74) is 1.10. The van der Waals surface area contributed by atoms with Crippen molar-refractivity contribution in [3.8, 4) is 0 Å². The number of hydrogen-bond donors (Lipinski definition) is 2. The Bertz CT molecular complexity index is 700. The maximum Gasteiger partial charge on any atom is 0.258 e. The van der Waals surface area contributed by atoms with Crippen molar-refractivity contribution in [2.45, 2.75) is 6.92 Å². The third-order valence-corrected chi connectivity index (χ3v) is 2.49. The zero-order valence-electron chi connectivity index (χ0n) is 9.45. The molecular formula is C10H9N7O. The highest BCUT2D eigenvalue weighted by atomic mass is 16.1. The first-order valence-electron chi connectivity index (χ1n) is 5.22. The van der Waals surface area contributed by atoms with Crippen LogP contribution < -0.4 is 5.32 Å². The molecule has 3 aromatic rings. The van der Waals surface area contributed by atoms with Gasteiger partial charge in [0, 0.05) is 11.8 Å². The molecule has 8 nitrogen and oxygen atoms in total. The fourth-order valence-electron chi connectivity index (χ4n) is 1.60. The van der Waals surface area contributed by atoms with Gasteiger partial charge in [0.15, 0.2) is 5.65 Å². The van der Waals surface area contributed by atoms with Gasteiger partial charge in [0.25, 0.3) is 5.91 Å². The molecule has 8 heteroatoms. The van der Waals surface area contributed by atoms with E-state index in [4.69, 9.17) is 0 Å². The van der Waals surface area contributed by atoms with Crippen molar-refractivity contribution in [1.82, 2.24) is 29.8 Å². The summed E-state index contributed by atoms with van der Waals surface area (Å²) in [6, 6.07) is 3.35. The van der Waals surface area contributed by atoms with Crippen LogP contribution in [0.25, 0.3) is 5.65 Å². The van der Waals surface area contributed by atoms with Crippen LogP contribution in [0.5, 0.6) is 0 Å². The van der Waals surface area contributed by atoms with Gasteiger partial charge in [-0.3, -0.25) is 14.5 Å². The Morgan fingerprint density at radius 1 is 1.44 bits per heavy atom. The predicted octanol–water partition coefficient (Wildman–Crippen LogP) is 0.408. The van der Waals surface area contributed by atoms with E-state index in [1.165, 1.54) is 6.33 Å². The molecule has 0 fully saturated rings. The fourth-order valence-corrected chi connectivity index (χ4v) is 1.60. The molecule has 90 valence electrons. The summed E-state index contributed by atoms with van der Waals surface area (Å²) in [7, 11) is 0. The molecule has 0 saturated carbocycles. The van der Waals surface area contributed by atoms with Gasteiger partial charge in [0.05, 0.1) is 0 Å². The number of aromatic amines is 1. The summed E-state index contributed by atoms with van der Waals surface area (Å²) in [6.07, 6.45) is 3.07. The smallest absolute Gasteiger partial charge is 0.258 e. The van der Waals surface area contributed by atoms with E-state index in [9.17, 15) is 4.79 Å². The van der Waals surface area contributed by atoms with Crippen LogP contribution in [0.4, 0.5) is 5.95 Å². The first-order valence-corrected chi connectivity index (χ1v) is 5.22. The Morgan fingerprint density at radius 2 is 2.33 bits per heavy atom. The molecular weight excluding hydrogens is 234 g/mol. The number of nitrogens with one attached hydrogen (secondary N) is 2. The minimum absolute atomic E-state index is 0.282. The number of H-pyrrole nitrogens is 1. The van der Waals surface area contributed by atoms with Gasteiger partial charge >= 0.3 is 0 Å². The average Bonchev–Trinajstić information content (AvgIpc) is 2.99. The van der Waals surface area contributed by atoms with Crippen molar-refractivity contribution in [2.24, 2.45) is 0 Å². The number of carbonyl (C=O) groups excluding carboxylic acids is 1. The second-order valence-corrected chi connectivity index (χ2v) is 3.68. The molecule has 1 amide bonds. The Hall–Kier alpha value is -2.77. The zero-order valence-corrected chi connectivity index (χ0v) is 9.45. The largest absolute Gasteiger partial charge is 0.291 e. The monoisotopic (exact) mass is 243 g/mol. The summed E-state index contributed by atoms with van der Waals surface area (Å²) in [4.78, 5) is 15.7. The van der Waals surface area contributed by atoms with Crippen LogP contribution in [0.1, 0.15) is 16.2 Å². The summed E-state index contributed by atoms with van der Waals surface area (Å²) >= 11 is 0. The van der Waals surface area contributed by atoms with Gasteiger partial charge in [-0.15, -0.1) is 10.2 Å². The number of aromatic nitrogens is 6. The minimum atomic E-state index is -0.282. The van der Waals surface area contributed by atoms with E-state index in [1.54, 1.807) is 22.7 Å². The molecule has 0 saturated heterocycles. The number of amides is 1. The molecule has 18 heavy (non-hydrogen) atoms. The number of fused-ring (bicyclic) bond motifs is 1. The third-order valence-electron chi connectivity index (χ3n) is 2.49. The molecule has 0 bridgehead atoms. The second kappa shape index (κ2) is 3.91. The Kier molecular flexibility index (Phi) is 2.26. The van der Waals surface area contributed by atoms with Gasteiger partial charge in [-0.05, 0) is 19.1 Å². The lowest BCUT2D eigenvalue weighted by Crippen LogP contribution is -2.13. The van der Waals surface area contributed by atoms with Crippen molar-refractivity contribution in [2.75, 3.05) is 5.32 Å². The lowest BCUT2D eigenvalue weighted by molar-refractivity contribution is 0.102. The molecule has 3 rings (SSSR count). The summed E-state index contributed by atoms with van der Waals surface area (Å²) in [5.74, 6) is 0.791. The Labute approximate surface area is 101 Å². The van der Waals surface area contributed by atoms with Crippen molar-refractivity contribution in [1.29, 1.82) is 0 Å². The molecule has 3 heterocycles. The quantitative estimate of drug-likeness (QED) is 0.678. The third kappa shape index (κ3) is 1.69. The van der Waals surface area contributed by atoms with Crippen LogP contribution in [-0.4, -0.2) is 35.7 Å². The highest BCUT2D eigenvalue weighted by molar-refractivity contribution is 6.03. The highest BCUT2D eigenvalue weighted by Gasteiger charge is 2.10. The van der Waals surface area contributed by atoms with Gasteiger partial charge in [0.1, 0.15) is 12.2 Å². The van der Waals surface area contributed by atoms with Gasteiger partial charge in [-0.25, -0.2) is 5.10 Å². The van der Waals surface area contributed by atoms with Crippen molar-refractivity contribution in [3.63, 3.8) is 0 Å². The van der Waals surface area contributed by atoms with Crippen LogP contribution in [0.2, 0.25) is 0 Å². The SMILES string of the molecule is Cc1nnc2cc(C(=O)Nc3ncn[nH]3)ccn12. The number of aryl methyl sites for hydroxylation is 1. The predicted molar refractivity (Wildman–Crippen MR) is 62.1 cm³/mol. The van der Waals surface area contributed by atoms with E-state index >= 15 is 0 Å². The number of pyridine rings is 1. The van der Waals surface area contributed by atoms with Crippen LogP contribution in [0.3, 0.4) is 0 Å². The number of rotatable bonds is 2. The summed E-state index contributed by atoms with van der Waals surface area (Å²) < 4.78 is 1.80. The van der Waals surface area contributed by atoms with Gasteiger partial charge in [-0.1, -0.05) is 0 Å². The maximum atomic E-state index is 11.9. The topological polar surface area (TPSA) is 101 Å². The Balaban J connectivity index is 1.92. The molecule has 0 spiro atoms. The van der Waals surface area contributed by atoms with E-state index in [0.717, 1.165) is 5.82 Å². The van der Waals surface area contributed by atoms with Crippen LogP contribution >= 0.6 is 0 Å². The van der Waals surface area contributed by atoms with Gasteiger partial charge < -0.3 is 0 Å². The first kappa shape index (κ1) is 10.4. The second-order valence-electron chi connectivity index (χ2n) is 3.68. The van der Waals surface area contributed by atoms with E-state index < -0.39 is 0 Å². The highest BCUT2D eigenvalue weighted by Crippen LogP contribution is 2.08. The molecule has 0 aromatic carbocycles. The van der Waals surface area contributed by atoms with E-state index in [-0.39, 0.29) is 5.91 Å². The fraction of sp³-hybridized carbons (Fsp3) is 0.100. The van der Waals surface area contributed by atoms with Crippen LogP contribution in [0.15, 0.2) is 24.7 Å². The standard InChI is InChI=1S/C10H9N7O/c1-6-14-15-8-4-7(2-3-17(6)8)9(18)13-10-11-5-12-16-10/h2-5H,1H3,(H2,11,12,13,16,18).